The Morgan fingerprint density at radius 3 is 1.66 bits per heavy atom. The monoisotopic (exact) mass is 732 g/mol. The van der Waals surface area contributed by atoms with E-state index in [2.05, 4.69) is 10.6 Å². The van der Waals surface area contributed by atoms with E-state index in [-0.39, 0.29) is 0 Å². The fourth-order valence-electron chi connectivity index (χ4n) is 6.20. The molecule has 4 aliphatic rings. The number of hydrogen-bond acceptors (Lipinski definition) is 20. The predicted molar refractivity (Wildman–Crippen MR) is 156 cm³/mol. The van der Waals surface area contributed by atoms with Crippen LogP contribution in [-0.4, -0.2) is 211 Å². The van der Waals surface area contributed by atoms with Crippen molar-refractivity contribution in [1.82, 2.24) is 10.6 Å². The molecule has 4 saturated heterocycles. The van der Waals surface area contributed by atoms with Gasteiger partial charge in [-0.05, 0) is 6.92 Å². The molecule has 0 aliphatic carbocycles. The third-order valence-electron chi connectivity index (χ3n) is 8.95. The van der Waals surface area contributed by atoms with Gasteiger partial charge in [-0.1, -0.05) is 0 Å². The van der Waals surface area contributed by atoms with E-state index in [0.717, 1.165) is 13.8 Å². The van der Waals surface area contributed by atoms with Crippen LogP contribution in [0, 0.1) is 0 Å². The zero-order valence-electron chi connectivity index (χ0n) is 27.3. The van der Waals surface area contributed by atoms with Gasteiger partial charge in [0.15, 0.2) is 25.2 Å². The lowest BCUT2D eigenvalue weighted by Gasteiger charge is -2.49. The molecule has 4 heterocycles. The number of amides is 2. The Morgan fingerprint density at radius 2 is 1.06 bits per heavy atom. The van der Waals surface area contributed by atoms with Crippen LogP contribution in [0.2, 0.25) is 0 Å². The fraction of sp³-hybridized carbons (Fsp3) is 0.929. The van der Waals surface area contributed by atoms with Crippen LogP contribution < -0.4 is 10.6 Å². The first-order valence-corrected chi connectivity index (χ1v) is 15.9. The molecule has 0 aromatic rings. The van der Waals surface area contributed by atoms with Crippen LogP contribution in [0.1, 0.15) is 20.8 Å². The molecular formula is C28H48N2O20. The van der Waals surface area contributed by atoms with Crippen molar-refractivity contribution in [3.05, 3.63) is 0 Å². The van der Waals surface area contributed by atoms with Gasteiger partial charge in [0.1, 0.15) is 91.4 Å². The molecule has 290 valence electrons. The van der Waals surface area contributed by atoms with Gasteiger partial charge in [-0.2, -0.15) is 0 Å². The molecule has 4 rings (SSSR count). The van der Waals surface area contributed by atoms with Crippen LogP contribution in [0.15, 0.2) is 0 Å². The van der Waals surface area contributed by atoms with E-state index in [0.29, 0.717) is 0 Å². The zero-order valence-corrected chi connectivity index (χ0v) is 27.3. The number of carbonyl (C=O) groups excluding carboxylic acids is 2. The molecule has 4 aliphatic heterocycles. The molecule has 50 heavy (non-hydrogen) atoms. The normalized spacial score (nSPS) is 48.5. The quantitative estimate of drug-likeness (QED) is 0.0938. The van der Waals surface area contributed by atoms with Gasteiger partial charge in [0.25, 0.3) is 0 Å². The first-order chi connectivity index (χ1) is 23.5. The first kappa shape index (κ1) is 41.0. The van der Waals surface area contributed by atoms with Crippen LogP contribution in [0.5, 0.6) is 0 Å². The Labute approximate surface area is 285 Å². The number of aliphatic hydroxyl groups is 11. The molecule has 2 amide bonds. The third kappa shape index (κ3) is 8.87. The average molecular weight is 733 g/mol. The van der Waals surface area contributed by atoms with Crippen molar-refractivity contribution in [2.24, 2.45) is 0 Å². The minimum atomic E-state index is -1.90. The van der Waals surface area contributed by atoms with Crippen molar-refractivity contribution in [2.75, 3.05) is 19.8 Å². The summed E-state index contributed by atoms with van der Waals surface area (Å²) in [5.41, 5.74) is 0. The van der Waals surface area contributed by atoms with Gasteiger partial charge >= 0.3 is 0 Å². The highest BCUT2D eigenvalue weighted by Gasteiger charge is 2.54. The minimum Gasteiger partial charge on any atom is -0.394 e. The molecule has 22 heteroatoms. The van der Waals surface area contributed by atoms with E-state index in [4.69, 9.17) is 33.2 Å². The van der Waals surface area contributed by atoms with Crippen LogP contribution in [0.4, 0.5) is 0 Å². The molecule has 0 saturated carbocycles. The van der Waals surface area contributed by atoms with E-state index in [9.17, 15) is 65.8 Å². The van der Waals surface area contributed by atoms with Crippen molar-refractivity contribution in [1.29, 1.82) is 0 Å². The van der Waals surface area contributed by atoms with E-state index in [1.54, 1.807) is 0 Å². The molecule has 0 spiro atoms. The molecule has 0 aromatic carbocycles. The van der Waals surface area contributed by atoms with Gasteiger partial charge in [-0.15, -0.1) is 0 Å². The second kappa shape index (κ2) is 17.4. The van der Waals surface area contributed by atoms with Gasteiger partial charge in [0.2, 0.25) is 11.8 Å². The maximum atomic E-state index is 12.3. The third-order valence-corrected chi connectivity index (χ3v) is 8.95. The standard InChI is InChI=1S/C28H48N2O20/c1-7-15(35)19(39)21(41)27(45-7)44-6-12-24(17(37)13(25(43)46-12)29-8(2)33)49-26-14(30-9(3)34)18(38)23(11(5-32)48-26)50-28-22(42)20(40)16(36)10(4-31)47-28/h7,10-28,31-32,35-43H,4-6H2,1-3H3,(H,29,33)(H,30,34)/t7-,10+,11+,12+,13+,14+,15+,16+,17+,18+,19+,20-,21-,22-,23+,24+,25?,26-,27-,28-/m0/s1. The molecule has 1 unspecified atom stereocenters. The summed E-state index contributed by atoms with van der Waals surface area (Å²) < 4.78 is 39.5. The number of rotatable bonds is 11. The lowest BCUT2D eigenvalue weighted by atomic mass is 9.94. The molecule has 22 nitrogen and oxygen atoms in total. The molecule has 20 atom stereocenters. The number of carbonyl (C=O) groups is 2. The SMILES string of the molecule is CC(=O)N[C@H]1[C@H](O[C@H]2[C@H](O)[C@@H](NC(C)=O)C(O)O[C@@H]2CO[C@H]2O[C@@H](C)[C@@H](O)[C@@H](O)[C@@H]2O)O[C@H](CO)[C@@H](O[C@@H]2O[C@H](CO)[C@@H](O)[C@H](O)[C@@H]2O)[C@@H]1O. The maximum absolute atomic E-state index is 12.3. The Balaban J connectivity index is 1.58. The predicted octanol–water partition coefficient (Wildman–Crippen LogP) is -8.43. The maximum Gasteiger partial charge on any atom is 0.217 e. The fourth-order valence-corrected chi connectivity index (χ4v) is 6.20. The number of ether oxygens (including phenoxy) is 7. The van der Waals surface area contributed by atoms with Gasteiger partial charge in [0.05, 0.1) is 25.9 Å². The van der Waals surface area contributed by atoms with E-state index in [1.165, 1.54) is 6.92 Å². The summed E-state index contributed by atoms with van der Waals surface area (Å²) in [6.07, 6.45) is -29.6. The molecule has 0 bridgehead atoms. The lowest BCUT2D eigenvalue weighted by Crippen LogP contribution is -2.70. The Morgan fingerprint density at radius 1 is 0.560 bits per heavy atom. The van der Waals surface area contributed by atoms with Crippen molar-refractivity contribution in [3.63, 3.8) is 0 Å². The molecule has 13 N–H and O–H groups in total. The van der Waals surface area contributed by atoms with Crippen LogP contribution in [-0.2, 0) is 42.7 Å². The van der Waals surface area contributed by atoms with Gasteiger partial charge in [0, 0.05) is 13.8 Å². The first-order valence-electron chi connectivity index (χ1n) is 15.9. The van der Waals surface area contributed by atoms with Crippen molar-refractivity contribution < 1.29 is 98.9 Å². The van der Waals surface area contributed by atoms with E-state index < -0.39 is 154 Å². The highest BCUT2D eigenvalue weighted by Crippen LogP contribution is 2.33. The number of nitrogens with one attached hydrogen (secondary N) is 2. The Kier molecular flexibility index (Phi) is 14.2. The molecular weight excluding hydrogens is 684 g/mol. The summed E-state index contributed by atoms with van der Waals surface area (Å²) in [6, 6.07) is -3.09. The smallest absolute Gasteiger partial charge is 0.217 e. The summed E-state index contributed by atoms with van der Waals surface area (Å²) in [7, 11) is 0. The van der Waals surface area contributed by atoms with Crippen LogP contribution >= 0.6 is 0 Å². The second-order valence-corrected chi connectivity index (χ2v) is 12.6. The van der Waals surface area contributed by atoms with Gasteiger partial charge < -0.3 is 100.0 Å². The lowest BCUT2D eigenvalue weighted by molar-refractivity contribution is -0.363. The van der Waals surface area contributed by atoms with Crippen molar-refractivity contribution in [2.45, 2.75) is 143 Å². The summed E-state index contributed by atoms with van der Waals surface area (Å²) in [4.78, 5) is 24.1. The largest absolute Gasteiger partial charge is 0.394 e. The summed E-state index contributed by atoms with van der Waals surface area (Å²) in [5.74, 6) is -1.41. The van der Waals surface area contributed by atoms with Crippen LogP contribution in [0.3, 0.4) is 0 Å². The Hall–Kier alpha value is -1.78. The summed E-state index contributed by atoms with van der Waals surface area (Å²) in [6.45, 7) is 1.27. The van der Waals surface area contributed by atoms with Crippen molar-refractivity contribution in [3.8, 4) is 0 Å². The van der Waals surface area contributed by atoms with Crippen molar-refractivity contribution >= 4 is 11.8 Å². The molecule has 0 aromatic heterocycles. The highest BCUT2D eigenvalue weighted by atomic mass is 16.8. The topological polar surface area (TPSA) is 345 Å². The second-order valence-electron chi connectivity index (χ2n) is 12.6. The summed E-state index contributed by atoms with van der Waals surface area (Å²) >= 11 is 0. The van der Waals surface area contributed by atoms with Gasteiger partial charge in [-0.3, -0.25) is 9.59 Å². The molecule has 0 radical (unpaired) electrons. The number of aliphatic hydroxyl groups excluding tert-OH is 11. The number of hydrogen-bond donors (Lipinski definition) is 13. The van der Waals surface area contributed by atoms with E-state index >= 15 is 0 Å². The highest BCUT2D eigenvalue weighted by molar-refractivity contribution is 5.73. The van der Waals surface area contributed by atoms with Crippen LogP contribution in [0.25, 0.3) is 0 Å². The Bertz CT molecular complexity index is 1120. The van der Waals surface area contributed by atoms with Gasteiger partial charge in [-0.25, -0.2) is 0 Å². The van der Waals surface area contributed by atoms with E-state index in [1.807, 2.05) is 0 Å². The average Bonchev–Trinajstić information content (AvgIpc) is 3.06. The zero-order chi connectivity index (χ0) is 37.2. The minimum absolute atomic E-state index is 0.630. The summed E-state index contributed by atoms with van der Waals surface area (Å²) in [5, 5.41) is 119. The molecule has 4 fully saturated rings.